The fourth-order valence-electron chi connectivity index (χ4n) is 2.25. The lowest BCUT2D eigenvalue weighted by Gasteiger charge is -2.12. The van der Waals surface area contributed by atoms with Gasteiger partial charge in [0.05, 0.1) is 6.42 Å². The van der Waals surface area contributed by atoms with Crippen LogP contribution in [0, 0.1) is 26.7 Å². The lowest BCUT2D eigenvalue weighted by molar-refractivity contribution is 0.548. The van der Waals surface area contributed by atoms with Gasteiger partial charge in [-0.3, -0.25) is 0 Å². The summed E-state index contributed by atoms with van der Waals surface area (Å²) in [7, 11) is 0. The van der Waals surface area contributed by atoms with Gasteiger partial charge in [0.25, 0.3) is 0 Å². The van der Waals surface area contributed by atoms with Crippen molar-refractivity contribution in [3.63, 3.8) is 0 Å². The van der Waals surface area contributed by atoms with Gasteiger partial charge in [-0.15, -0.1) is 11.3 Å². The molecule has 2 aromatic rings. The molecule has 0 atom stereocenters. The molecule has 0 amide bonds. The van der Waals surface area contributed by atoms with E-state index >= 15 is 0 Å². The Bertz CT molecular complexity index is 581. The SMILES string of the molecule is Cc1csc(Cc2nc(C)c(CNCC(C)C)c(C)n2)n1. The van der Waals surface area contributed by atoms with Gasteiger partial charge in [0, 0.05) is 34.6 Å². The molecule has 21 heavy (non-hydrogen) atoms. The molecule has 2 rings (SSSR count). The third-order valence-corrected chi connectivity index (χ3v) is 4.26. The summed E-state index contributed by atoms with van der Waals surface area (Å²) in [5.74, 6) is 1.52. The molecule has 0 saturated heterocycles. The molecule has 0 radical (unpaired) electrons. The number of nitrogens with one attached hydrogen (secondary N) is 1. The van der Waals surface area contributed by atoms with Crippen molar-refractivity contribution in [3.05, 3.63) is 38.9 Å². The highest BCUT2D eigenvalue weighted by atomic mass is 32.1. The van der Waals surface area contributed by atoms with Crippen molar-refractivity contribution in [2.24, 2.45) is 5.92 Å². The summed E-state index contributed by atoms with van der Waals surface area (Å²) in [6.45, 7) is 12.4. The van der Waals surface area contributed by atoms with E-state index in [0.29, 0.717) is 5.92 Å². The average Bonchev–Trinajstić information content (AvgIpc) is 2.78. The standard InChI is InChI=1S/C16H24N4S/c1-10(2)7-17-8-14-12(4)19-15(20-13(14)5)6-16-18-11(3)9-21-16/h9-10,17H,6-8H2,1-5H3. The van der Waals surface area contributed by atoms with Crippen LogP contribution in [0.1, 0.15) is 47.3 Å². The van der Waals surface area contributed by atoms with E-state index in [1.165, 1.54) is 5.56 Å². The fraction of sp³-hybridized carbons (Fsp3) is 0.562. The van der Waals surface area contributed by atoms with Crippen LogP contribution in [0.2, 0.25) is 0 Å². The summed E-state index contributed by atoms with van der Waals surface area (Å²) in [5.41, 5.74) is 4.43. The van der Waals surface area contributed by atoms with E-state index in [2.05, 4.69) is 53.3 Å². The van der Waals surface area contributed by atoms with Crippen LogP contribution in [0.5, 0.6) is 0 Å². The van der Waals surface area contributed by atoms with E-state index in [1.807, 2.05) is 6.92 Å². The van der Waals surface area contributed by atoms with Gasteiger partial charge in [-0.2, -0.15) is 0 Å². The lowest BCUT2D eigenvalue weighted by atomic mass is 10.1. The summed E-state index contributed by atoms with van der Waals surface area (Å²) in [5, 5.41) is 6.61. The zero-order chi connectivity index (χ0) is 15.4. The Morgan fingerprint density at radius 3 is 2.29 bits per heavy atom. The maximum absolute atomic E-state index is 4.65. The predicted octanol–water partition coefficient (Wildman–Crippen LogP) is 3.19. The molecular weight excluding hydrogens is 280 g/mol. The van der Waals surface area contributed by atoms with E-state index < -0.39 is 0 Å². The second kappa shape index (κ2) is 7.09. The van der Waals surface area contributed by atoms with Crippen LogP contribution in [0.25, 0.3) is 0 Å². The van der Waals surface area contributed by atoms with Crippen molar-refractivity contribution >= 4 is 11.3 Å². The van der Waals surface area contributed by atoms with Crippen molar-refractivity contribution < 1.29 is 0 Å². The average molecular weight is 304 g/mol. The minimum Gasteiger partial charge on any atom is -0.312 e. The zero-order valence-corrected chi connectivity index (χ0v) is 14.3. The third-order valence-electron chi connectivity index (χ3n) is 3.30. The highest BCUT2D eigenvalue weighted by Crippen LogP contribution is 2.15. The second-order valence-corrected chi connectivity index (χ2v) is 6.82. The third kappa shape index (κ3) is 4.58. The fourth-order valence-corrected chi connectivity index (χ4v) is 3.02. The first-order valence-corrected chi connectivity index (χ1v) is 8.28. The highest BCUT2D eigenvalue weighted by molar-refractivity contribution is 7.09. The smallest absolute Gasteiger partial charge is 0.135 e. The Balaban J connectivity index is 2.09. The molecular formula is C16H24N4S. The molecule has 2 aromatic heterocycles. The van der Waals surface area contributed by atoms with Crippen LogP contribution in [-0.2, 0) is 13.0 Å². The van der Waals surface area contributed by atoms with Crippen LogP contribution in [0.4, 0.5) is 0 Å². The topological polar surface area (TPSA) is 50.7 Å². The Kier molecular flexibility index (Phi) is 5.42. The minimum atomic E-state index is 0.652. The van der Waals surface area contributed by atoms with E-state index in [9.17, 15) is 0 Å². The quantitative estimate of drug-likeness (QED) is 0.890. The Morgan fingerprint density at radius 1 is 1.10 bits per heavy atom. The molecule has 0 aliphatic carbocycles. The van der Waals surface area contributed by atoms with Gasteiger partial charge in [0.2, 0.25) is 0 Å². The first-order chi connectivity index (χ1) is 9.95. The number of aromatic nitrogens is 3. The van der Waals surface area contributed by atoms with Gasteiger partial charge in [-0.25, -0.2) is 15.0 Å². The Hall–Kier alpha value is -1.33. The van der Waals surface area contributed by atoms with Crippen LogP contribution in [0.3, 0.4) is 0 Å². The lowest BCUT2D eigenvalue weighted by Crippen LogP contribution is -2.21. The highest BCUT2D eigenvalue weighted by Gasteiger charge is 2.10. The number of aryl methyl sites for hydroxylation is 3. The summed E-state index contributed by atoms with van der Waals surface area (Å²) in [4.78, 5) is 13.8. The molecule has 0 fully saturated rings. The number of hydrogen-bond donors (Lipinski definition) is 1. The first kappa shape index (κ1) is 16.0. The first-order valence-electron chi connectivity index (χ1n) is 7.40. The Morgan fingerprint density at radius 2 is 1.76 bits per heavy atom. The maximum atomic E-state index is 4.65. The summed E-state index contributed by atoms with van der Waals surface area (Å²) in [6.07, 6.45) is 0.722. The number of thiazole rings is 1. The van der Waals surface area contributed by atoms with Crippen LogP contribution in [0.15, 0.2) is 5.38 Å². The van der Waals surface area contributed by atoms with Crippen molar-refractivity contribution in [2.45, 2.75) is 47.6 Å². The predicted molar refractivity (Wildman–Crippen MR) is 87.7 cm³/mol. The molecule has 4 nitrogen and oxygen atoms in total. The molecule has 114 valence electrons. The van der Waals surface area contributed by atoms with Crippen molar-refractivity contribution in [3.8, 4) is 0 Å². The van der Waals surface area contributed by atoms with Gasteiger partial charge >= 0.3 is 0 Å². The van der Waals surface area contributed by atoms with Gasteiger partial charge in [0.1, 0.15) is 10.8 Å². The van der Waals surface area contributed by atoms with E-state index in [0.717, 1.165) is 47.4 Å². The van der Waals surface area contributed by atoms with Crippen LogP contribution >= 0.6 is 11.3 Å². The number of rotatable bonds is 6. The maximum Gasteiger partial charge on any atom is 0.135 e. The molecule has 2 heterocycles. The Labute approximate surface area is 131 Å². The normalized spacial score (nSPS) is 11.3. The van der Waals surface area contributed by atoms with Gasteiger partial charge in [0.15, 0.2) is 0 Å². The van der Waals surface area contributed by atoms with Crippen LogP contribution < -0.4 is 5.32 Å². The summed E-state index contributed by atoms with van der Waals surface area (Å²) >= 11 is 1.67. The molecule has 0 aliphatic heterocycles. The molecule has 0 bridgehead atoms. The monoisotopic (exact) mass is 304 g/mol. The summed E-state index contributed by atoms with van der Waals surface area (Å²) < 4.78 is 0. The molecule has 0 aromatic carbocycles. The van der Waals surface area contributed by atoms with Crippen molar-refractivity contribution in [1.29, 1.82) is 0 Å². The van der Waals surface area contributed by atoms with E-state index in [-0.39, 0.29) is 0 Å². The summed E-state index contributed by atoms with van der Waals surface area (Å²) in [6, 6.07) is 0. The largest absolute Gasteiger partial charge is 0.312 e. The van der Waals surface area contributed by atoms with E-state index in [4.69, 9.17) is 0 Å². The molecule has 0 saturated carbocycles. The van der Waals surface area contributed by atoms with Gasteiger partial charge in [-0.1, -0.05) is 13.8 Å². The number of hydrogen-bond acceptors (Lipinski definition) is 5. The molecule has 5 heteroatoms. The van der Waals surface area contributed by atoms with Gasteiger partial charge in [-0.05, 0) is 33.2 Å². The van der Waals surface area contributed by atoms with Crippen molar-refractivity contribution in [2.75, 3.05) is 6.54 Å². The molecule has 1 N–H and O–H groups in total. The van der Waals surface area contributed by atoms with Crippen molar-refractivity contribution in [1.82, 2.24) is 20.3 Å². The molecule has 0 spiro atoms. The number of nitrogens with zero attached hydrogens (tertiary/aromatic N) is 3. The zero-order valence-electron chi connectivity index (χ0n) is 13.5. The van der Waals surface area contributed by atoms with E-state index in [1.54, 1.807) is 11.3 Å². The van der Waals surface area contributed by atoms with Crippen LogP contribution in [-0.4, -0.2) is 21.5 Å². The second-order valence-electron chi connectivity index (χ2n) is 5.87. The molecule has 0 unspecified atom stereocenters. The minimum absolute atomic E-state index is 0.652. The van der Waals surface area contributed by atoms with Gasteiger partial charge < -0.3 is 5.32 Å². The molecule has 0 aliphatic rings.